The fraction of sp³-hybridized carbons (Fsp3) is 0.265. The van der Waals surface area contributed by atoms with E-state index in [2.05, 4.69) is 25.2 Å². The van der Waals surface area contributed by atoms with Gasteiger partial charge in [-0.3, -0.25) is 10.1 Å². The van der Waals surface area contributed by atoms with Crippen molar-refractivity contribution in [2.75, 3.05) is 34.8 Å². The molecule has 0 radical (unpaired) electrons. The van der Waals surface area contributed by atoms with Crippen molar-refractivity contribution in [3.63, 3.8) is 0 Å². The molecular formula is C34H32N6O3S. The van der Waals surface area contributed by atoms with Crippen molar-refractivity contribution in [3.8, 4) is 11.1 Å². The van der Waals surface area contributed by atoms with Crippen LogP contribution in [0.25, 0.3) is 21.3 Å². The number of hydrogen-bond acceptors (Lipinski definition) is 8. The largest absolute Gasteiger partial charge is 0.476 e. The van der Waals surface area contributed by atoms with Crippen LogP contribution in [0.5, 0.6) is 0 Å². The lowest BCUT2D eigenvalue weighted by molar-refractivity contribution is 0.0691. The van der Waals surface area contributed by atoms with Crippen LogP contribution in [0, 0.1) is 6.92 Å². The van der Waals surface area contributed by atoms with Gasteiger partial charge in [-0.05, 0) is 91.3 Å². The summed E-state index contributed by atoms with van der Waals surface area (Å²) in [7, 11) is 0. The first-order chi connectivity index (χ1) is 21.5. The molecule has 5 aromatic rings. The van der Waals surface area contributed by atoms with E-state index in [1.54, 1.807) is 6.20 Å². The molecule has 2 aromatic carbocycles. The molecule has 222 valence electrons. The summed E-state index contributed by atoms with van der Waals surface area (Å²) in [4.78, 5) is 44.2. The third-order valence-electron chi connectivity index (χ3n) is 8.56. The molecule has 3 aromatic heterocycles. The lowest BCUT2D eigenvalue weighted by Crippen LogP contribution is -2.33. The Hall–Kier alpha value is -4.83. The summed E-state index contributed by atoms with van der Waals surface area (Å²) in [6.07, 6.45) is 5.96. The number of para-hydroxylation sites is 1. The highest BCUT2D eigenvalue weighted by atomic mass is 32.1. The van der Waals surface area contributed by atoms with Crippen molar-refractivity contribution >= 4 is 50.2 Å². The van der Waals surface area contributed by atoms with Crippen LogP contribution in [-0.4, -0.2) is 51.6 Å². The summed E-state index contributed by atoms with van der Waals surface area (Å²) in [5, 5.41) is 13.8. The third kappa shape index (κ3) is 5.26. The van der Waals surface area contributed by atoms with Gasteiger partial charge in [0.25, 0.3) is 5.91 Å². The summed E-state index contributed by atoms with van der Waals surface area (Å²) < 4.78 is 1.01. The molecule has 10 heteroatoms. The zero-order valence-corrected chi connectivity index (χ0v) is 25.2. The van der Waals surface area contributed by atoms with Gasteiger partial charge in [0.05, 0.1) is 10.2 Å². The number of aromatic carboxylic acids is 1. The Morgan fingerprint density at radius 2 is 1.73 bits per heavy atom. The highest BCUT2D eigenvalue weighted by Gasteiger charge is 2.26. The van der Waals surface area contributed by atoms with E-state index in [1.165, 1.54) is 17.8 Å². The SMILES string of the molecule is Cc1c(-c2ccc(N3CCc4cccc(C(=O)Nc5nc6ccccc6s5)c4C3)nc2C(=O)O)ccnc1N1CCCCC1. The molecule has 5 heterocycles. The number of hydrogen-bond donors (Lipinski definition) is 2. The minimum atomic E-state index is -1.08. The van der Waals surface area contributed by atoms with Gasteiger partial charge in [0, 0.05) is 43.5 Å². The minimum absolute atomic E-state index is 0.00838. The number of fused-ring (bicyclic) bond motifs is 2. The molecule has 0 unspecified atom stereocenters. The highest BCUT2D eigenvalue weighted by Crippen LogP contribution is 2.34. The van der Waals surface area contributed by atoms with E-state index in [-0.39, 0.29) is 11.6 Å². The molecule has 7 rings (SSSR count). The Morgan fingerprint density at radius 3 is 2.55 bits per heavy atom. The summed E-state index contributed by atoms with van der Waals surface area (Å²) in [5.74, 6) is 0.189. The van der Waals surface area contributed by atoms with E-state index in [0.717, 1.165) is 64.2 Å². The summed E-state index contributed by atoms with van der Waals surface area (Å²) >= 11 is 1.44. The molecule has 0 spiro atoms. The molecule has 0 aliphatic carbocycles. The van der Waals surface area contributed by atoms with E-state index >= 15 is 0 Å². The lowest BCUT2D eigenvalue weighted by atomic mass is 9.94. The zero-order chi connectivity index (χ0) is 30.2. The number of anilines is 3. The maximum Gasteiger partial charge on any atom is 0.355 e. The number of rotatable bonds is 6. The second-order valence-electron chi connectivity index (χ2n) is 11.3. The van der Waals surface area contributed by atoms with Crippen molar-refractivity contribution in [3.05, 3.63) is 94.8 Å². The zero-order valence-electron chi connectivity index (χ0n) is 24.4. The Bertz CT molecular complexity index is 1860. The second-order valence-corrected chi connectivity index (χ2v) is 12.3. The number of thiazole rings is 1. The quantitative estimate of drug-likeness (QED) is 0.224. The highest BCUT2D eigenvalue weighted by molar-refractivity contribution is 7.22. The monoisotopic (exact) mass is 604 g/mol. The van der Waals surface area contributed by atoms with Crippen LogP contribution in [0.2, 0.25) is 0 Å². The third-order valence-corrected chi connectivity index (χ3v) is 9.51. The van der Waals surface area contributed by atoms with Crippen LogP contribution in [0.3, 0.4) is 0 Å². The molecular weight excluding hydrogens is 572 g/mol. The number of pyridine rings is 2. The van der Waals surface area contributed by atoms with Crippen LogP contribution in [0.1, 0.15) is 56.8 Å². The molecule has 2 aliphatic heterocycles. The fourth-order valence-corrected chi connectivity index (χ4v) is 7.19. The second kappa shape index (κ2) is 11.7. The van der Waals surface area contributed by atoms with Crippen LogP contribution in [-0.2, 0) is 13.0 Å². The number of nitrogens with zero attached hydrogens (tertiary/aromatic N) is 5. The number of amides is 1. The molecule has 1 fully saturated rings. The number of piperidine rings is 1. The Balaban J connectivity index is 1.17. The Labute approximate surface area is 259 Å². The fourth-order valence-electron chi connectivity index (χ4n) is 6.33. The van der Waals surface area contributed by atoms with Crippen molar-refractivity contribution in [1.82, 2.24) is 15.0 Å². The van der Waals surface area contributed by atoms with Crippen molar-refractivity contribution in [1.29, 1.82) is 0 Å². The van der Waals surface area contributed by atoms with E-state index in [4.69, 9.17) is 0 Å². The summed E-state index contributed by atoms with van der Waals surface area (Å²) in [6, 6.07) is 19.2. The summed E-state index contributed by atoms with van der Waals surface area (Å²) in [6.45, 7) is 5.02. The lowest BCUT2D eigenvalue weighted by Gasteiger charge is -2.31. The van der Waals surface area contributed by atoms with Gasteiger partial charge in [-0.2, -0.15) is 0 Å². The van der Waals surface area contributed by atoms with E-state index < -0.39 is 5.97 Å². The smallest absolute Gasteiger partial charge is 0.355 e. The van der Waals surface area contributed by atoms with Gasteiger partial charge in [0.2, 0.25) is 0 Å². The van der Waals surface area contributed by atoms with Crippen molar-refractivity contribution in [2.24, 2.45) is 0 Å². The number of carboxylic acid groups (broad SMARTS) is 1. The normalized spacial score (nSPS) is 14.8. The average molecular weight is 605 g/mol. The molecule has 1 amide bonds. The van der Waals surface area contributed by atoms with Gasteiger partial charge >= 0.3 is 5.97 Å². The van der Waals surface area contributed by atoms with Crippen LogP contribution in [0.4, 0.5) is 16.8 Å². The predicted molar refractivity (Wildman–Crippen MR) is 174 cm³/mol. The van der Waals surface area contributed by atoms with E-state index in [9.17, 15) is 14.7 Å². The standard InChI is InChI=1S/C34H32N6O3S/c1-21-23(14-16-35-31(21)39-17-5-2-6-18-39)24-12-13-29(37-30(24)33(42)43)40-19-15-22-8-7-9-25(26(22)20-40)32(41)38-34-36-27-10-3-4-11-28(27)44-34/h3-4,7-14,16H,2,5-6,15,17-20H2,1H3,(H,42,43)(H,36,38,41). The first-order valence-corrected chi connectivity index (χ1v) is 15.8. The number of nitrogens with one attached hydrogen (secondary N) is 1. The van der Waals surface area contributed by atoms with Gasteiger partial charge in [-0.25, -0.2) is 19.7 Å². The number of carboxylic acids is 1. The minimum Gasteiger partial charge on any atom is -0.476 e. The van der Waals surface area contributed by atoms with Crippen molar-refractivity contribution in [2.45, 2.75) is 39.2 Å². The topological polar surface area (TPSA) is 112 Å². The molecule has 1 saturated heterocycles. The van der Waals surface area contributed by atoms with Crippen LogP contribution in [0.15, 0.2) is 66.9 Å². The molecule has 0 bridgehead atoms. The van der Waals surface area contributed by atoms with E-state index in [1.807, 2.05) is 72.5 Å². The number of aromatic nitrogens is 3. The van der Waals surface area contributed by atoms with Gasteiger partial charge < -0.3 is 14.9 Å². The molecule has 44 heavy (non-hydrogen) atoms. The first-order valence-electron chi connectivity index (χ1n) is 14.9. The molecule has 0 saturated carbocycles. The molecule has 9 nitrogen and oxygen atoms in total. The first kappa shape index (κ1) is 28.0. The summed E-state index contributed by atoms with van der Waals surface area (Å²) in [5.41, 5.74) is 5.82. The van der Waals surface area contributed by atoms with Gasteiger partial charge in [-0.1, -0.05) is 35.6 Å². The Morgan fingerprint density at radius 1 is 0.886 bits per heavy atom. The average Bonchev–Trinajstić information content (AvgIpc) is 3.47. The number of carbonyl (C=O) groups excluding carboxylic acids is 1. The van der Waals surface area contributed by atoms with Crippen LogP contribution < -0.4 is 15.1 Å². The number of carbonyl (C=O) groups is 2. The maximum atomic E-state index is 13.5. The Kier molecular flexibility index (Phi) is 7.43. The van der Waals surface area contributed by atoms with Crippen LogP contribution >= 0.6 is 11.3 Å². The van der Waals surface area contributed by atoms with Crippen molar-refractivity contribution < 1.29 is 14.7 Å². The van der Waals surface area contributed by atoms with Gasteiger partial charge in [0.15, 0.2) is 10.8 Å². The maximum absolute atomic E-state index is 13.5. The molecule has 2 N–H and O–H groups in total. The van der Waals surface area contributed by atoms with Gasteiger partial charge in [-0.15, -0.1) is 0 Å². The number of benzene rings is 2. The predicted octanol–water partition coefficient (Wildman–Crippen LogP) is 6.57. The molecule has 0 atom stereocenters. The van der Waals surface area contributed by atoms with E-state index in [0.29, 0.717) is 41.6 Å². The van der Waals surface area contributed by atoms with Gasteiger partial charge in [0.1, 0.15) is 11.6 Å². The molecule has 2 aliphatic rings.